The van der Waals surface area contributed by atoms with Gasteiger partial charge in [-0.2, -0.15) is 0 Å². The summed E-state index contributed by atoms with van der Waals surface area (Å²) in [5.41, 5.74) is 0.571. The van der Waals surface area contributed by atoms with Crippen molar-refractivity contribution in [3.05, 3.63) is 22.7 Å². The summed E-state index contributed by atoms with van der Waals surface area (Å²) in [6, 6.07) is 3.71. The second-order valence-electron chi connectivity index (χ2n) is 5.67. The number of rotatable bonds is 4. The Morgan fingerprint density at radius 2 is 2.09 bits per heavy atom. The zero-order valence-corrected chi connectivity index (χ0v) is 14.7. The molecule has 3 rings (SSSR count). The molecular weight excluding hydrogens is 339 g/mol. The minimum atomic E-state index is 0. The molecule has 1 aromatic carbocycles. The molecule has 0 unspecified atom stereocenters. The zero-order valence-electron chi connectivity index (χ0n) is 13.1. The van der Waals surface area contributed by atoms with Gasteiger partial charge < -0.3 is 19.7 Å². The van der Waals surface area contributed by atoms with Gasteiger partial charge in [-0.15, -0.1) is 12.4 Å². The topological polar surface area (TPSA) is 50.8 Å². The van der Waals surface area contributed by atoms with E-state index in [1.807, 2.05) is 4.90 Å². The van der Waals surface area contributed by atoms with Crippen molar-refractivity contribution in [1.29, 1.82) is 0 Å². The predicted molar refractivity (Wildman–Crippen MR) is 92.0 cm³/mol. The first-order valence-corrected chi connectivity index (χ1v) is 8.19. The van der Waals surface area contributed by atoms with E-state index in [0.717, 1.165) is 38.9 Å². The van der Waals surface area contributed by atoms with Crippen LogP contribution in [-0.2, 0) is 0 Å². The Morgan fingerprint density at radius 1 is 1.35 bits per heavy atom. The van der Waals surface area contributed by atoms with Crippen LogP contribution in [0.3, 0.4) is 0 Å². The lowest BCUT2D eigenvalue weighted by Crippen LogP contribution is -2.46. The number of benzene rings is 1. The summed E-state index contributed by atoms with van der Waals surface area (Å²) in [7, 11) is 0. The maximum absolute atomic E-state index is 12.9. The highest BCUT2D eigenvalue weighted by atomic mass is 35.5. The Hall–Kier alpha value is -1.17. The van der Waals surface area contributed by atoms with Crippen LogP contribution in [0, 0.1) is 0 Å². The van der Waals surface area contributed by atoms with Crippen molar-refractivity contribution in [2.45, 2.75) is 32.2 Å². The third kappa shape index (κ3) is 3.84. The summed E-state index contributed by atoms with van der Waals surface area (Å²) < 4.78 is 10.7. The van der Waals surface area contributed by atoms with Crippen molar-refractivity contribution in [3.8, 4) is 11.5 Å². The Morgan fingerprint density at radius 3 is 2.78 bits per heavy atom. The minimum Gasteiger partial charge on any atom is -0.454 e. The molecule has 0 bridgehead atoms. The van der Waals surface area contributed by atoms with Gasteiger partial charge in [-0.05, 0) is 44.5 Å². The fourth-order valence-electron chi connectivity index (χ4n) is 3.07. The van der Waals surface area contributed by atoms with Crippen molar-refractivity contribution in [2.24, 2.45) is 0 Å². The smallest absolute Gasteiger partial charge is 0.254 e. The molecule has 0 aliphatic carbocycles. The van der Waals surface area contributed by atoms with Crippen LogP contribution in [0.2, 0.25) is 5.02 Å². The third-order valence-electron chi connectivity index (χ3n) is 4.15. The lowest BCUT2D eigenvalue weighted by atomic mass is 10.0. The number of hydrogen-bond donors (Lipinski definition) is 1. The van der Waals surface area contributed by atoms with E-state index >= 15 is 0 Å². The molecule has 23 heavy (non-hydrogen) atoms. The molecule has 128 valence electrons. The summed E-state index contributed by atoms with van der Waals surface area (Å²) >= 11 is 6.20. The van der Waals surface area contributed by atoms with Gasteiger partial charge in [0, 0.05) is 18.2 Å². The number of halogens is 2. The molecule has 1 fully saturated rings. The van der Waals surface area contributed by atoms with E-state index in [0.29, 0.717) is 22.1 Å². The molecule has 0 spiro atoms. The number of piperidine rings is 1. The van der Waals surface area contributed by atoms with Gasteiger partial charge in [0.15, 0.2) is 11.5 Å². The molecule has 2 aliphatic rings. The molecule has 0 aromatic heterocycles. The SMILES string of the molecule is CCCN(C(=O)c1cc(Cl)c2c(c1)OCO2)C1CCNCC1.Cl. The second kappa shape index (κ2) is 8.08. The van der Waals surface area contributed by atoms with Crippen molar-refractivity contribution >= 4 is 29.9 Å². The first kappa shape index (κ1) is 18.2. The first-order valence-electron chi connectivity index (χ1n) is 7.81. The average Bonchev–Trinajstić information content (AvgIpc) is 3.02. The van der Waals surface area contributed by atoms with Crippen LogP contribution < -0.4 is 14.8 Å². The molecule has 1 N–H and O–H groups in total. The Bertz CT molecular complexity index is 563. The number of amides is 1. The molecule has 1 saturated heterocycles. The molecule has 0 atom stereocenters. The van der Waals surface area contributed by atoms with Crippen molar-refractivity contribution in [3.63, 3.8) is 0 Å². The van der Waals surface area contributed by atoms with Gasteiger partial charge >= 0.3 is 0 Å². The molecule has 0 saturated carbocycles. The van der Waals surface area contributed by atoms with Crippen LogP contribution in [-0.4, -0.2) is 43.3 Å². The second-order valence-corrected chi connectivity index (χ2v) is 6.08. The van der Waals surface area contributed by atoms with Crippen LogP contribution in [0.5, 0.6) is 11.5 Å². The van der Waals surface area contributed by atoms with E-state index in [1.165, 1.54) is 0 Å². The van der Waals surface area contributed by atoms with Gasteiger partial charge in [0.25, 0.3) is 5.91 Å². The van der Waals surface area contributed by atoms with Crippen LogP contribution >= 0.6 is 24.0 Å². The fraction of sp³-hybridized carbons (Fsp3) is 0.562. The Kier molecular flexibility index (Phi) is 6.39. The summed E-state index contributed by atoms with van der Waals surface area (Å²) in [4.78, 5) is 14.9. The van der Waals surface area contributed by atoms with E-state index < -0.39 is 0 Å². The van der Waals surface area contributed by atoms with Crippen molar-refractivity contribution in [2.75, 3.05) is 26.4 Å². The van der Waals surface area contributed by atoms with Crippen LogP contribution in [0.1, 0.15) is 36.5 Å². The first-order chi connectivity index (χ1) is 10.7. The highest BCUT2D eigenvalue weighted by Gasteiger charge is 2.28. The number of nitrogens with one attached hydrogen (secondary N) is 1. The quantitative estimate of drug-likeness (QED) is 0.896. The van der Waals surface area contributed by atoms with Gasteiger partial charge in [-0.3, -0.25) is 4.79 Å². The van der Waals surface area contributed by atoms with E-state index in [4.69, 9.17) is 21.1 Å². The highest BCUT2D eigenvalue weighted by Crippen LogP contribution is 2.40. The van der Waals surface area contributed by atoms with Crippen LogP contribution in [0.4, 0.5) is 0 Å². The van der Waals surface area contributed by atoms with E-state index in [2.05, 4.69) is 12.2 Å². The lowest BCUT2D eigenvalue weighted by Gasteiger charge is -2.34. The average molecular weight is 361 g/mol. The summed E-state index contributed by atoms with van der Waals surface area (Å²) in [6.45, 7) is 4.92. The molecule has 2 aliphatic heterocycles. The maximum atomic E-state index is 12.9. The molecule has 2 heterocycles. The van der Waals surface area contributed by atoms with Gasteiger partial charge in [0.2, 0.25) is 6.79 Å². The number of ether oxygens (including phenoxy) is 2. The summed E-state index contributed by atoms with van der Waals surface area (Å²) in [5, 5.41) is 3.77. The third-order valence-corrected chi connectivity index (χ3v) is 4.43. The molecular formula is C16H22Cl2N2O3. The summed E-state index contributed by atoms with van der Waals surface area (Å²) in [5.74, 6) is 1.11. The minimum absolute atomic E-state index is 0. The van der Waals surface area contributed by atoms with Gasteiger partial charge in [-0.1, -0.05) is 18.5 Å². The number of carbonyl (C=O) groups excluding carboxylic acids is 1. The standard InChI is InChI=1S/C16H21ClN2O3.ClH/c1-2-7-19(12-3-5-18-6-4-12)16(20)11-8-13(17)15-14(9-11)21-10-22-15;/h8-9,12,18H,2-7,10H2,1H3;1H. The number of fused-ring (bicyclic) bond motifs is 1. The predicted octanol–water partition coefficient (Wildman–Crippen LogP) is 3.09. The Balaban J connectivity index is 0.00000192. The number of nitrogens with zero attached hydrogens (tertiary/aromatic N) is 1. The highest BCUT2D eigenvalue weighted by molar-refractivity contribution is 6.32. The molecule has 1 aromatic rings. The Labute approximate surface area is 147 Å². The number of hydrogen-bond acceptors (Lipinski definition) is 4. The van der Waals surface area contributed by atoms with Crippen LogP contribution in [0.25, 0.3) is 0 Å². The van der Waals surface area contributed by atoms with Crippen LogP contribution in [0.15, 0.2) is 12.1 Å². The van der Waals surface area contributed by atoms with Gasteiger partial charge in [0.1, 0.15) is 0 Å². The molecule has 7 heteroatoms. The van der Waals surface area contributed by atoms with Gasteiger partial charge in [-0.25, -0.2) is 0 Å². The summed E-state index contributed by atoms with van der Waals surface area (Å²) in [6.07, 6.45) is 2.92. The molecule has 0 radical (unpaired) electrons. The van der Waals surface area contributed by atoms with E-state index in [1.54, 1.807) is 12.1 Å². The zero-order chi connectivity index (χ0) is 15.5. The van der Waals surface area contributed by atoms with Gasteiger partial charge in [0.05, 0.1) is 5.02 Å². The monoisotopic (exact) mass is 360 g/mol. The van der Waals surface area contributed by atoms with Crippen molar-refractivity contribution in [1.82, 2.24) is 10.2 Å². The molecule has 5 nitrogen and oxygen atoms in total. The number of carbonyl (C=O) groups is 1. The van der Waals surface area contributed by atoms with Crippen molar-refractivity contribution < 1.29 is 14.3 Å². The van der Waals surface area contributed by atoms with E-state index in [-0.39, 0.29) is 31.1 Å². The lowest BCUT2D eigenvalue weighted by molar-refractivity contribution is 0.0642. The van der Waals surface area contributed by atoms with E-state index in [9.17, 15) is 4.79 Å². The largest absolute Gasteiger partial charge is 0.454 e. The normalized spacial score (nSPS) is 16.8. The maximum Gasteiger partial charge on any atom is 0.254 e. The fourth-order valence-corrected chi connectivity index (χ4v) is 3.33. The molecule has 1 amide bonds.